The van der Waals surface area contributed by atoms with E-state index in [1.807, 2.05) is 102 Å². The first-order valence-electron chi connectivity index (χ1n) is 16.2. The Hall–Kier alpha value is -4.04. The van der Waals surface area contributed by atoms with Gasteiger partial charge in [0.05, 0.1) is 32.4 Å². The van der Waals surface area contributed by atoms with Crippen LogP contribution in [0, 0.1) is 0 Å². The quantitative estimate of drug-likeness (QED) is 0.343. The molecular weight excluding hydrogens is 632 g/mol. The van der Waals surface area contributed by atoms with E-state index in [2.05, 4.69) is 0 Å². The van der Waals surface area contributed by atoms with E-state index in [1.54, 1.807) is 9.80 Å². The first kappa shape index (κ1) is 43.0. The van der Waals surface area contributed by atoms with Crippen LogP contribution in [-0.4, -0.2) is 94.5 Å². The standard InChI is InChI=1S/C17H26N2O3.C17H23NO4.C2H4O2.H3N/c1-17(2,3)22-16(20)19-10-9-14(18)15(11-19)21-12-13-7-5-4-6-8-13;1-17(2,3)22-16(20)18-10-9-14(19)15(11-18)21-12-13-7-5-4-6-8-13;1-2(3)4;/h4-8,14-15H,9-12,18H2,1-3H3;4-8,15H,9-12H2,1-3H3;1H3,(H,3,4);1H3. The average Bonchev–Trinajstić information content (AvgIpc) is 2.99. The van der Waals surface area contributed by atoms with E-state index in [9.17, 15) is 14.4 Å². The summed E-state index contributed by atoms with van der Waals surface area (Å²) in [5, 5.41) is 7.42. The number of amides is 2. The number of carboxylic acids is 1. The van der Waals surface area contributed by atoms with Crippen molar-refractivity contribution in [1.82, 2.24) is 16.0 Å². The molecule has 2 aromatic carbocycles. The van der Waals surface area contributed by atoms with Crippen molar-refractivity contribution in [1.29, 1.82) is 0 Å². The number of ether oxygens (including phenoxy) is 4. The van der Waals surface area contributed by atoms with Crippen LogP contribution < -0.4 is 11.9 Å². The van der Waals surface area contributed by atoms with E-state index >= 15 is 0 Å². The molecule has 0 saturated carbocycles. The van der Waals surface area contributed by atoms with E-state index in [0.717, 1.165) is 24.5 Å². The highest BCUT2D eigenvalue weighted by atomic mass is 16.6. The molecule has 13 heteroatoms. The Balaban J connectivity index is 0.000000434. The second-order valence-electron chi connectivity index (χ2n) is 13.7. The van der Waals surface area contributed by atoms with Crippen LogP contribution in [0.3, 0.4) is 0 Å². The van der Waals surface area contributed by atoms with Gasteiger partial charge in [-0.15, -0.1) is 0 Å². The summed E-state index contributed by atoms with van der Waals surface area (Å²) in [6, 6.07) is 19.6. The maximum Gasteiger partial charge on any atom is 0.410 e. The fourth-order valence-corrected chi connectivity index (χ4v) is 4.59. The number of carbonyl (C=O) groups is 4. The summed E-state index contributed by atoms with van der Waals surface area (Å²) in [7, 11) is 0. The predicted molar refractivity (Wildman–Crippen MR) is 186 cm³/mol. The Morgan fingerprint density at radius 3 is 1.65 bits per heavy atom. The zero-order chi connectivity index (χ0) is 35.9. The average molecular weight is 689 g/mol. The van der Waals surface area contributed by atoms with Crippen LogP contribution in [-0.2, 0) is 41.8 Å². The van der Waals surface area contributed by atoms with Crippen molar-refractivity contribution in [3.63, 3.8) is 0 Å². The third-order valence-electron chi connectivity index (χ3n) is 6.89. The van der Waals surface area contributed by atoms with Crippen LogP contribution in [0.1, 0.15) is 72.4 Å². The SMILES string of the molecule is CC(=O)O.CC(C)(C)OC(=O)N1CCC(=O)C(OCc2ccccc2)C1.CC(C)(C)OC(=O)N1CCC(N)C(OCc2ccccc2)C1.N. The molecule has 274 valence electrons. The first-order chi connectivity index (χ1) is 22.4. The number of hydrogen-bond donors (Lipinski definition) is 3. The second kappa shape index (κ2) is 20.5. The Morgan fingerprint density at radius 1 is 0.776 bits per heavy atom. The lowest BCUT2D eigenvalue weighted by Crippen LogP contribution is -2.54. The number of benzene rings is 2. The normalized spacial score (nSPS) is 19.2. The van der Waals surface area contributed by atoms with E-state index < -0.39 is 29.4 Å². The zero-order valence-electron chi connectivity index (χ0n) is 30.1. The van der Waals surface area contributed by atoms with Crippen LogP contribution >= 0.6 is 0 Å². The highest BCUT2D eigenvalue weighted by molar-refractivity contribution is 5.86. The largest absolute Gasteiger partial charge is 0.481 e. The van der Waals surface area contributed by atoms with Crippen molar-refractivity contribution in [2.45, 2.75) is 104 Å². The van der Waals surface area contributed by atoms with Gasteiger partial charge < -0.3 is 45.7 Å². The monoisotopic (exact) mass is 688 g/mol. The Bertz CT molecular complexity index is 1290. The number of likely N-dealkylation sites (tertiary alicyclic amines) is 2. The third-order valence-corrected chi connectivity index (χ3v) is 6.89. The van der Waals surface area contributed by atoms with Crippen LogP contribution in [0.25, 0.3) is 0 Å². The van der Waals surface area contributed by atoms with Gasteiger partial charge in [-0.05, 0) is 59.1 Å². The van der Waals surface area contributed by atoms with E-state index in [-0.39, 0.29) is 36.7 Å². The summed E-state index contributed by atoms with van der Waals surface area (Å²) >= 11 is 0. The first-order valence-corrected chi connectivity index (χ1v) is 16.2. The fraction of sp³-hybridized carbons (Fsp3) is 0.556. The molecule has 3 atom stereocenters. The second-order valence-corrected chi connectivity index (χ2v) is 13.7. The van der Waals surface area contributed by atoms with Gasteiger partial charge in [0.2, 0.25) is 0 Å². The summed E-state index contributed by atoms with van der Waals surface area (Å²) in [5.74, 6) is -0.796. The van der Waals surface area contributed by atoms with Gasteiger partial charge in [0.15, 0.2) is 5.78 Å². The zero-order valence-corrected chi connectivity index (χ0v) is 30.1. The highest BCUT2D eigenvalue weighted by Crippen LogP contribution is 2.19. The Morgan fingerprint density at radius 2 is 1.20 bits per heavy atom. The number of nitrogens with zero attached hydrogens (tertiary/aromatic N) is 2. The van der Waals surface area contributed by atoms with Gasteiger partial charge in [-0.25, -0.2) is 9.59 Å². The summed E-state index contributed by atoms with van der Waals surface area (Å²) in [5.41, 5.74) is 7.20. The molecule has 2 heterocycles. The number of ketones is 1. The van der Waals surface area contributed by atoms with Crippen LogP contribution in [0.15, 0.2) is 60.7 Å². The molecule has 2 amide bonds. The maximum absolute atomic E-state index is 12.1. The molecule has 0 radical (unpaired) electrons. The smallest absolute Gasteiger partial charge is 0.410 e. The van der Waals surface area contributed by atoms with Crippen molar-refractivity contribution in [3.8, 4) is 0 Å². The van der Waals surface area contributed by atoms with Crippen molar-refractivity contribution in [3.05, 3.63) is 71.8 Å². The number of Topliss-reactive ketones (excluding diaryl/α,β-unsaturated/α-hetero) is 1. The summed E-state index contributed by atoms with van der Waals surface area (Å²) < 4.78 is 22.4. The lowest BCUT2D eigenvalue weighted by molar-refractivity contribution is -0.136. The molecule has 4 rings (SSSR count). The molecule has 2 aromatic rings. The molecule has 49 heavy (non-hydrogen) atoms. The number of piperidine rings is 2. The molecule has 0 bridgehead atoms. The van der Waals surface area contributed by atoms with E-state index in [4.69, 9.17) is 34.6 Å². The van der Waals surface area contributed by atoms with Gasteiger partial charge in [-0.3, -0.25) is 9.59 Å². The summed E-state index contributed by atoms with van der Waals surface area (Å²) in [4.78, 5) is 48.4. The molecule has 13 nitrogen and oxygen atoms in total. The molecule has 2 saturated heterocycles. The van der Waals surface area contributed by atoms with E-state index in [0.29, 0.717) is 39.3 Å². The number of nitrogens with two attached hydrogens (primary N) is 1. The molecule has 2 aliphatic heterocycles. The number of carboxylic acid groups (broad SMARTS) is 1. The van der Waals surface area contributed by atoms with Gasteiger partial charge in [0.1, 0.15) is 17.3 Å². The van der Waals surface area contributed by atoms with Crippen LogP contribution in [0.4, 0.5) is 9.59 Å². The topological polar surface area (TPSA) is 193 Å². The van der Waals surface area contributed by atoms with Gasteiger partial charge in [0.25, 0.3) is 5.97 Å². The minimum absolute atomic E-state index is 0. The lowest BCUT2D eigenvalue weighted by Gasteiger charge is -2.37. The molecule has 0 aromatic heterocycles. The fourth-order valence-electron chi connectivity index (χ4n) is 4.59. The minimum atomic E-state index is -0.833. The maximum atomic E-state index is 12.1. The van der Waals surface area contributed by atoms with E-state index in [1.165, 1.54) is 0 Å². The van der Waals surface area contributed by atoms with Crippen LogP contribution in [0.2, 0.25) is 0 Å². The van der Waals surface area contributed by atoms with Crippen molar-refractivity contribution >= 4 is 23.9 Å². The van der Waals surface area contributed by atoms with Crippen LogP contribution in [0.5, 0.6) is 0 Å². The van der Waals surface area contributed by atoms with Gasteiger partial charge >= 0.3 is 12.2 Å². The highest BCUT2D eigenvalue weighted by Gasteiger charge is 2.34. The van der Waals surface area contributed by atoms with Crippen molar-refractivity contribution in [2.75, 3.05) is 26.2 Å². The molecular formula is C36H56N4O9. The van der Waals surface area contributed by atoms with Gasteiger partial charge in [-0.2, -0.15) is 0 Å². The van der Waals surface area contributed by atoms with Crippen molar-refractivity contribution < 1.29 is 43.2 Å². The molecule has 2 aliphatic rings. The Labute approximate surface area is 290 Å². The summed E-state index contributed by atoms with van der Waals surface area (Å²) in [6.07, 6.45) is -0.416. The molecule has 6 N–H and O–H groups in total. The third kappa shape index (κ3) is 17.8. The van der Waals surface area contributed by atoms with Gasteiger partial charge in [-0.1, -0.05) is 60.7 Å². The number of rotatable bonds is 6. The molecule has 0 spiro atoms. The number of carbonyl (C=O) groups excluding carboxylic acids is 3. The minimum Gasteiger partial charge on any atom is -0.481 e. The van der Waals surface area contributed by atoms with Crippen molar-refractivity contribution in [2.24, 2.45) is 5.73 Å². The molecule has 2 fully saturated rings. The molecule has 3 unspecified atom stereocenters. The molecule has 0 aliphatic carbocycles. The number of aliphatic carboxylic acids is 1. The summed E-state index contributed by atoms with van der Waals surface area (Å²) in [6.45, 7) is 14.7. The predicted octanol–water partition coefficient (Wildman–Crippen LogP) is 5.57. The Kier molecular flexibility index (Phi) is 18.0. The lowest BCUT2D eigenvalue weighted by atomic mass is 10.0. The number of hydrogen-bond acceptors (Lipinski definition) is 10. The van der Waals surface area contributed by atoms with Gasteiger partial charge in [0, 0.05) is 32.5 Å².